The van der Waals surface area contributed by atoms with E-state index >= 15 is 0 Å². The molecule has 0 saturated carbocycles. The van der Waals surface area contributed by atoms with Gasteiger partial charge < -0.3 is 10.1 Å². The molecule has 2 heterocycles. The number of pyridine rings is 1. The SMILES string of the molecule is CCOCc1nc(NC)cc(Sc2ccncc2)n1. The fourth-order valence-electron chi connectivity index (χ4n) is 1.44. The van der Waals surface area contributed by atoms with Gasteiger partial charge in [-0.15, -0.1) is 0 Å². The molecule has 0 amide bonds. The summed E-state index contributed by atoms with van der Waals surface area (Å²) < 4.78 is 5.35. The average Bonchev–Trinajstić information content (AvgIpc) is 2.46. The normalized spacial score (nSPS) is 10.4. The third kappa shape index (κ3) is 4.18. The molecule has 1 N–H and O–H groups in total. The molecule has 0 radical (unpaired) electrons. The summed E-state index contributed by atoms with van der Waals surface area (Å²) in [5.74, 6) is 1.48. The fraction of sp³-hybridized carbons (Fsp3) is 0.308. The van der Waals surface area contributed by atoms with Gasteiger partial charge in [0.1, 0.15) is 17.5 Å². The van der Waals surface area contributed by atoms with Crippen LogP contribution in [0.15, 0.2) is 40.5 Å². The van der Waals surface area contributed by atoms with Crippen LogP contribution in [0.5, 0.6) is 0 Å². The lowest BCUT2D eigenvalue weighted by atomic mass is 10.5. The Kier molecular flexibility index (Phi) is 5.11. The van der Waals surface area contributed by atoms with Crippen molar-refractivity contribution in [1.82, 2.24) is 15.0 Å². The molecule has 0 atom stereocenters. The second-order valence-electron chi connectivity index (χ2n) is 3.68. The van der Waals surface area contributed by atoms with Crippen LogP contribution in [0.25, 0.3) is 0 Å². The van der Waals surface area contributed by atoms with Gasteiger partial charge in [0.15, 0.2) is 5.82 Å². The van der Waals surface area contributed by atoms with Crippen LogP contribution in [0.2, 0.25) is 0 Å². The molecule has 2 aromatic rings. The van der Waals surface area contributed by atoms with Gasteiger partial charge in [-0.05, 0) is 19.1 Å². The quantitative estimate of drug-likeness (QED) is 0.818. The zero-order valence-electron chi connectivity index (χ0n) is 11.0. The van der Waals surface area contributed by atoms with E-state index in [9.17, 15) is 0 Å². The van der Waals surface area contributed by atoms with Crippen molar-refractivity contribution < 1.29 is 4.74 Å². The number of nitrogens with one attached hydrogen (secondary N) is 1. The number of anilines is 1. The monoisotopic (exact) mass is 276 g/mol. The van der Waals surface area contributed by atoms with Gasteiger partial charge in [-0.25, -0.2) is 9.97 Å². The van der Waals surface area contributed by atoms with E-state index in [1.807, 2.05) is 32.2 Å². The van der Waals surface area contributed by atoms with E-state index in [1.54, 1.807) is 24.2 Å². The Labute approximate surface area is 116 Å². The maximum absolute atomic E-state index is 5.35. The number of hydrogen-bond donors (Lipinski definition) is 1. The van der Waals surface area contributed by atoms with E-state index in [-0.39, 0.29) is 0 Å². The summed E-state index contributed by atoms with van der Waals surface area (Å²) in [6.45, 7) is 3.03. The topological polar surface area (TPSA) is 59.9 Å². The summed E-state index contributed by atoms with van der Waals surface area (Å²) >= 11 is 1.58. The summed E-state index contributed by atoms with van der Waals surface area (Å²) in [7, 11) is 1.84. The van der Waals surface area contributed by atoms with E-state index in [0.29, 0.717) is 19.0 Å². The third-order valence-electron chi connectivity index (χ3n) is 2.31. The van der Waals surface area contributed by atoms with Crippen LogP contribution in [-0.2, 0) is 11.3 Å². The van der Waals surface area contributed by atoms with Gasteiger partial charge in [0.25, 0.3) is 0 Å². The molecule has 0 unspecified atom stereocenters. The van der Waals surface area contributed by atoms with Crippen LogP contribution < -0.4 is 5.32 Å². The highest BCUT2D eigenvalue weighted by Gasteiger charge is 2.05. The lowest BCUT2D eigenvalue weighted by Crippen LogP contribution is -2.03. The smallest absolute Gasteiger partial charge is 0.157 e. The summed E-state index contributed by atoms with van der Waals surface area (Å²) in [5, 5.41) is 3.93. The minimum absolute atomic E-state index is 0.427. The molecule has 0 bridgehead atoms. The van der Waals surface area contributed by atoms with Gasteiger partial charge in [0, 0.05) is 37.0 Å². The molecule has 19 heavy (non-hydrogen) atoms. The summed E-state index contributed by atoms with van der Waals surface area (Å²) in [4.78, 5) is 13.9. The molecule has 6 heteroatoms. The van der Waals surface area contributed by atoms with E-state index in [2.05, 4.69) is 20.3 Å². The molecule has 2 aromatic heterocycles. The molecule has 2 rings (SSSR count). The van der Waals surface area contributed by atoms with Crippen molar-refractivity contribution in [2.24, 2.45) is 0 Å². The van der Waals surface area contributed by atoms with Crippen LogP contribution in [-0.4, -0.2) is 28.6 Å². The second-order valence-corrected chi connectivity index (χ2v) is 4.77. The van der Waals surface area contributed by atoms with Gasteiger partial charge in [-0.1, -0.05) is 11.8 Å². The predicted molar refractivity (Wildman–Crippen MR) is 75.3 cm³/mol. The minimum atomic E-state index is 0.427. The van der Waals surface area contributed by atoms with Crippen molar-refractivity contribution in [3.8, 4) is 0 Å². The fourth-order valence-corrected chi connectivity index (χ4v) is 2.26. The van der Waals surface area contributed by atoms with Gasteiger partial charge in [-0.3, -0.25) is 4.98 Å². The first-order valence-corrected chi connectivity index (χ1v) is 6.84. The van der Waals surface area contributed by atoms with Crippen molar-refractivity contribution in [2.45, 2.75) is 23.5 Å². The highest BCUT2D eigenvalue weighted by Crippen LogP contribution is 2.26. The average molecular weight is 276 g/mol. The molecule has 0 aliphatic carbocycles. The maximum atomic E-state index is 5.35. The van der Waals surface area contributed by atoms with Crippen molar-refractivity contribution in [2.75, 3.05) is 19.0 Å². The highest BCUT2D eigenvalue weighted by atomic mass is 32.2. The molecule has 100 valence electrons. The number of aromatic nitrogens is 3. The Morgan fingerprint density at radius 1 is 1.26 bits per heavy atom. The minimum Gasteiger partial charge on any atom is -0.374 e. The van der Waals surface area contributed by atoms with E-state index in [0.717, 1.165) is 15.7 Å². The zero-order chi connectivity index (χ0) is 13.5. The second kappa shape index (κ2) is 7.06. The van der Waals surface area contributed by atoms with E-state index in [1.165, 1.54) is 0 Å². The molecule has 5 nitrogen and oxygen atoms in total. The molecular formula is C13H16N4OS. The van der Waals surface area contributed by atoms with Crippen molar-refractivity contribution in [1.29, 1.82) is 0 Å². The Hall–Kier alpha value is -1.66. The van der Waals surface area contributed by atoms with Gasteiger partial charge >= 0.3 is 0 Å². The summed E-state index contributed by atoms with van der Waals surface area (Å²) in [6, 6.07) is 5.82. The highest BCUT2D eigenvalue weighted by molar-refractivity contribution is 7.99. The molecule has 0 spiro atoms. The maximum Gasteiger partial charge on any atom is 0.157 e. The molecular weight excluding hydrogens is 260 g/mol. The number of nitrogens with zero attached hydrogens (tertiary/aromatic N) is 3. The van der Waals surface area contributed by atoms with Crippen LogP contribution >= 0.6 is 11.8 Å². The number of ether oxygens (including phenoxy) is 1. The third-order valence-corrected chi connectivity index (χ3v) is 3.24. The Morgan fingerprint density at radius 2 is 2.05 bits per heavy atom. The zero-order valence-corrected chi connectivity index (χ0v) is 11.8. The Bertz CT molecular complexity index is 521. The van der Waals surface area contributed by atoms with E-state index in [4.69, 9.17) is 4.74 Å². The summed E-state index contributed by atoms with van der Waals surface area (Å²) in [6.07, 6.45) is 3.53. The first-order valence-electron chi connectivity index (χ1n) is 6.03. The van der Waals surface area contributed by atoms with Crippen LogP contribution in [0.3, 0.4) is 0 Å². The molecule has 0 aromatic carbocycles. The first-order chi connectivity index (χ1) is 9.31. The molecule has 0 aliphatic rings. The Morgan fingerprint density at radius 3 is 2.74 bits per heavy atom. The summed E-state index contributed by atoms with van der Waals surface area (Å²) in [5.41, 5.74) is 0. The first kappa shape index (κ1) is 13.8. The number of rotatable bonds is 6. The van der Waals surface area contributed by atoms with Gasteiger partial charge in [-0.2, -0.15) is 0 Å². The van der Waals surface area contributed by atoms with Gasteiger partial charge in [0.05, 0.1) is 0 Å². The molecule has 0 saturated heterocycles. The van der Waals surface area contributed by atoms with E-state index < -0.39 is 0 Å². The van der Waals surface area contributed by atoms with Crippen molar-refractivity contribution in [3.05, 3.63) is 36.4 Å². The van der Waals surface area contributed by atoms with Crippen LogP contribution in [0.1, 0.15) is 12.7 Å². The largest absolute Gasteiger partial charge is 0.374 e. The lowest BCUT2D eigenvalue weighted by molar-refractivity contribution is 0.128. The van der Waals surface area contributed by atoms with Crippen LogP contribution in [0, 0.1) is 0 Å². The lowest BCUT2D eigenvalue weighted by Gasteiger charge is -2.07. The Balaban J connectivity index is 2.19. The van der Waals surface area contributed by atoms with Gasteiger partial charge in [0.2, 0.25) is 0 Å². The van der Waals surface area contributed by atoms with Crippen LogP contribution in [0.4, 0.5) is 5.82 Å². The standard InChI is InChI=1S/C13H16N4OS/c1-3-18-9-12-16-11(14-2)8-13(17-12)19-10-4-6-15-7-5-10/h4-8H,3,9H2,1-2H3,(H,14,16,17). The predicted octanol–water partition coefficient (Wildman–Crippen LogP) is 2.60. The molecule has 0 aliphatic heterocycles. The number of hydrogen-bond acceptors (Lipinski definition) is 6. The van der Waals surface area contributed by atoms with Crippen molar-refractivity contribution >= 4 is 17.6 Å². The molecule has 0 fully saturated rings. The van der Waals surface area contributed by atoms with Crippen molar-refractivity contribution in [3.63, 3.8) is 0 Å².